The minimum absolute atomic E-state index is 0.0141. The molecule has 3 N–H and O–H groups in total. The van der Waals surface area contributed by atoms with Crippen molar-refractivity contribution in [1.82, 2.24) is 15.1 Å². The quantitative estimate of drug-likeness (QED) is 0.741. The van der Waals surface area contributed by atoms with E-state index in [9.17, 15) is 4.79 Å². The van der Waals surface area contributed by atoms with Crippen LogP contribution in [0.15, 0.2) is 18.5 Å². The Morgan fingerprint density at radius 1 is 1.67 bits per heavy atom. The molecule has 5 heteroatoms. The van der Waals surface area contributed by atoms with Gasteiger partial charge in [-0.25, -0.2) is 0 Å². The average Bonchev–Trinajstić information content (AvgIpc) is 2.54. The number of hydrogen-bond donors (Lipinski definition) is 2. The molecule has 5 nitrogen and oxygen atoms in total. The molecule has 0 aromatic carbocycles. The van der Waals surface area contributed by atoms with E-state index in [1.165, 1.54) is 0 Å². The summed E-state index contributed by atoms with van der Waals surface area (Å²) in [6, 6.07) is 1.86. The molecule has 1 aromatic rings. The van der Waals surface area contributed by atoms with Crippen LogP contribution in [0.2, 0.25) is 0 Å². The lowest BCUT2D eigenvalue weighted by molar-refractivity contribution is -0.125. The summed E-state index contributed by atoms with van der Waals surface area (Å²) in [6.45, 7) is 5.94. The second-order valence-electron chi connectivity index (χ2n) is 4.32. The van der Waals surface area contributed by atoms with Crippen LogP contribution in [0.3, 0.4) is 0 Å². The number of amides is 1. The molecule has 0 aliphatic heterocycles. The molecule has 84 valence electrons. The van der Waals surface area contributed by atoms with Gasteiger partial charge < -0.3 is 11.1 Å². The standard InChI is InChI=1S/C10H18N4O/c1-8(7-14-6-4-5-12-14)13-9(15)10(2,3)11/h4-6,8H,7,11H2,1-3H3,(H,13,15). The van der Waals surface area contributed by atoms with Gasteiger partial charge in [-0.2, -0.15) is 5.10 Å². The van der Waals surface area contributed by atoms with Crippen molar-refractivity contribution in [2.24, 2.45) is 5.73 Å². The highest BCUT2D eigenvalue weighted by molar-refractivity contribution is 5.85. The second kappa shape index (κ2) is 4.44. The van der Waals surface area contributed by atoms with E-state index in [0.29, 0.717) is 6.54 Å². The van der Waals surface area contributed by atoms with Crippen molar-refractivity contribution in [3.05, 3.63) is 18.5 Å². The first-order valence-corrected chi connectivity index (χ1v) is 4.97. The molecule has 15 heavy (non-hydrogen) atoms. The zero-order valence-electron chi connectivity index (χ0n) is 9.40. The largest absolute Gasteiger partial charge is 0.350 e. The molecule has 1 atom stereocenters. The number of nitrogens with zero attached hydrogens (tertiary/aromatic N) is 2. The topological polar surface area (TPSA) is 72.9 Å². The van der Waals surface area contributed by atoms with Crippen molar-refractivity contribution in [3.63, 3.8) is 0 Å². The molecule has 0 saturated carbocycles. The van der Waals surface area contributed by atoms with Crippen molar-refractivity contribution in [1.29, 1.82) is 0 Å². The minimum Gasteiger partial charge on any atom is -0.350 e. The van der Waals surface area contributed by atoms with Gasteiger partial charge in [-0.1, -0.05) is 0 Å². The summed E-state index contributed by atoms with van der Waals surface area (Å²) in [5.41, 5.74) is 4.83. The van der Waals surface area contributed by atoms with Gasteiger partial charge in [-0.15, -0.1) is 0 Å². The molecular formula is C10H18N4O. The summed E-state index contributed by atoms with van der Waals surface area (Å²) in [5, 5.41) is 6.89. The molecule has 1 aromatic heterocycles. The van der Waals surface area contributed by atoms with Gasteiger partial charge in [0.1, 0.15) is 0 Å². The maximum atomic E-state index is 11.5. The monoisotopic (exact) mass is 210 g/mol. The SMILES string of the molecule is CC(Cn1cccn1)NC(=O)C(C)(C)N. The van der Waals surface area contributed by atoms with Gasteiger partial charge in [-0.3, -0.25) is 9.48 Å². The number of aromatic nitrogens is 2. The van der Waals surface area contributed by atoms with Gasteiger partial charge in [0, 0.05) is 18.4 Å². The fourth-order valence-corrected chi connectivity index (χ4v) is 1.14. The lowest BCUT2D eigenvalue weighted by Crippen LogP contribution is -2.52. The number of rotatable bonds is 4. The normalized spacial score (nSPS) is 13.6. The van der Waals surface area contributed by atoms with Crippen LogP contribution < -0.4 is 11.1 Å². The molecule has 0 aliphatic rings. The third-order valence-corrected chi connectivity index (χ3v) is 1.98. The molecule has 0 spiro atoms. The Morgan fingerprint density at radius 2 is 2.33 bits per heavy atom. The maximum Gasteiger partial charge on any atom is 0.239 e. The summed E-state index contributed by atoms with van der Waals surface area (Å²) >= 11 is 0. The molecule has 1 unspecified atom stereocenters. The zero-order valence-corrected chi connectivity index (χ0v) is 9.40. The van der Waals surface area contributed by atoms with Gasteiger partial charge >= 0.3 is 0 Å². The molecule has 1 rings (SSSR count). The Morgan fingerprint density at radius 3 is 2.80 bits per heavy atom. The van der Waals surface area contributed by atoms with Gasteiger partial charge in [-0.05, 0) is 26.8 Å². The first-order valence-electron chi connectivity index (χ1n) is 4.97. The van der Waals surface area contributed by atoms with E-state index in [-0.39, 0.29) is 11.9 Å². The number of nitrogens with one attached hydrogen (secondary N) is 1. The van der Waals surface area contributed by atoms with Crippen LogP contribution in [0, 0.1) is 0 Å². The number of carbonyl (C=O) groups excluding carboxylic acids is 1. The Balaban J connectivity index is 2.43. The van der Waals surface area contributed by atoms with Crippen molar-refractivity contribution >= 4 is 5.91 Å². The summed E-state index contributed by atoms with van der Waals surface area (Å²) in [5.74, 6) is -0.151. The first-order chi connectivity index (χ1) is 6.89. The highest BCUT2D eigenvalue weighted by Gasteiger charge is 2.23. The molecule has 1 heterocycles. The minimum atomic E-state index is -0.835. The number of carbonyl (C=O) groups is 1. The Hall–Kier alpha value is -1.36. The van der Waals surface area contributed by atoms with Crippen LogP contribution in [0.4, 0.5) is 0 Å². The van der Waals surface area contributed by atoms with Crippen molar-refractivity contribution in [3.8, 4) is 0 Å². The van der Waals surface area contributed by atoms with Gasteiger partial charge in [0.05, 0.1) is 12.1 Å². The van der Waals surface area contributed by atoms with Crippen LogP contribution in [-0.4, -0.2) is 27.3 Å². The summed E-state index contributed by atoms with van der Waals surface area (Å²) in [7, 11) is 0. The summed E-state index contributed by atoms with van der Waals surface area (Å²) in [4.78, 5) is 11.5. The van der Waals surface area contributed by atoms with Crippen LogP contribution in [-0.2, 0) is 11.3 Å². The van der Waals surface area contributed by atoms with Crippen molar-refractivity contribution in [2.45, 2.75) is 38.9 Å². The maximum absolute atomic E-state index is 11.5. The van der Waals surface area contributed by atoms with E-state index >= 15 is 0 Å². The van der Waals surface area contributed by atoms with E-state index < -0.39 is 5.54 Å². The zero-order chi connectivity index (χ0) is 11.5. The summed E-state index contributed by atoms with van der Waals surface area (Å²) in [6.07, 6.45) is 3.57. The van der Waals surface area contributed by atoms with E-state index in [2.05, 4.69) is 10.4 Å². The van der Waals surface area contributed by atoms with E-state index in [1.54, 1.807) is 24.7 Å². The van der Waals surface area contributed by atoms with Gasteiger partial charge in [0.15, 0.2) is 0 Å². The van der Waals surface area contributed by atoms with Crippen LogP contribution in [0.5, 0.6) is 0 Å². The predicted octanol–water partition coefficient (Wildman–Crippen LogP) is 0.125. The Kier molecular flexibility index (Phi) is 3.47. The van der Waals surface area contributed by atoms with E-state index in [1.807, 2.05) is 19.2 Å². The Labute approximate surface area is 89.6 Å². The third-order valence-electron chi connectivity index (χ3n) is 1.98. The van der Waals surface area contributed by atoms with Crippen LogP contribution in [0.1, 0.15) is 20.8 Å². The molecule has 0 saturated heterocycles. The van der Waals surface area contributed by atoms with Crippen LogP contribution in [0.25, 0.3) is 0 Å². The smallest absolute Gasteiger partial charge is 0.239 e. The number of hydrogen-bond acceptors (Lipinski definition) is 3. The second-order valence-corrected chi connectivity index (χ2v) is 4.32. The Bertz CT molecular complexity index is 313. The van der Waals surface area contributed by atoms with E-state index in [4.69, 9.17) is 5.73 Å². The lowest BCUT2D eigenvalue weighted by atomic mass is 10.1. The summed E-state index contributed by atoms with van der Waals surface area (Å²) < 4.78 is 1.77. The molecule has 0 bridgehead atoms. The lowest BCUT2D eigenvalue weighted by Gasteiger charge is -2.21. The van der Waals surface area contributed by atoms with E-state index in [0.717, 1.165) is 0 Å². The fraction of sp³-hybridized carbons (Fsp3) is 0.600. The highest BCUT2D eigenvalue weighted by Crippen LogP contribution is 1.98. The molecule has 0 fully saturated rings. The fourth-order valence-electron chi connectivity index (χ4n) is 1.14. The number of nitrogens with two attached hydrogens (primary N) is 1. The molecule has 0 radical (unpaired) electrons. The molecular weight excluding hydrogens is 192 g/mol. The van der Waals surface area contributed by atoms with Crippen molar-refractivity contribution < 1.29 is 4.79 Å². The third kappa shape index (κ3) is 3.71. The van der Waals surface area contributed by atoms with Gasteiger partial charge in [0.2, 0.25) is 5.91 Å². The average molecular weight is 210 g/mol. The highest BCUT2D eigenvalue weighted by atomic mass is 16.2. The van der Waals surface area contributed by atoms with Gasteiger partial charge in [0.25, 0.3) is 0 Å². The predicted molar refractivity (Wildman–Crippen MR) is 58.1 cm³/mol. The van der Waals surface area contributed by atoms with Crippen LogP contribution >= 0.6 is 0 Å². The molecule has 0 aliphatic carbocycles. The first kappa shape index (κ1) is 11.7. The molecule has 1 amide bonds. The van der Waals surface area contributed by atoms with Crippen molar-refractivity contribution in [2.75, 3.05) is 0 Å².